The van der Waals surface area contributed by atoms with Crippen LogP contribution in [0.4, 0.5) is 0 Å². The van der Waals surface area contributed by atoms with E-state index in [-0.39, 0.29) is 17.5 Å². The lowest BCUT2D eigenvalue weighted by Crippen LogP contribution is -2.32. The van der Waals surface area contributed by atoms with Gasteiger partial charge >= 0.3 is 0 Å². The van der Waals surface area contributed by atoms with Crippen LogP contribution in [0.3, 0.4) is 0 Å². The van der Waals surface area contributed by atoms with E-state index >= 15 is 0 Å². The summed E-state index contributed by atoms with van der Waals surface area (Å²) in [6, 6.07) is 0. The highest BCUT2D eigenvalue weighted by atomic mass is 32.2. The SMILES string of the molecule is CC(CNCCCS(C)(=O)=O)C(N)=NO. The fourth-order valence-corrected chi connectivity index (χ4v) is 1.65. The number of oxime groups is 1. The molecule has 0 aliphatic heterocycles. The monoisotopic (exact) mass is 237 g/mol. The molecule has 1 unspecified atom stereocenters. The molecule has 0 rings (SSSR count). The normalized spacial score (nSPS) is 15.2. The van der Waals surface area contributed by atoms with Gasteiger partial charge in [-0.15, -0.1) is 0 Å². The Hall–Kier alpha value is -0.820. The van der Waals surface area contributed by atoms with E-state index in [1.165, 1.54) is 6.26 Å². The van der Waals surface area contributed by atoms with Gasteiger partial charge in [-0.3, -0.25) is 0 Å². The van der Waals surface area contributed by atoms with Gasteiger partial charge in [-0.2, -0.15) is 0 Å². The molecule has 0 aliphatic carbocycles. The van der Waals surface area contributed by atoms with Gasteiger partial charge in [0, 0.05) is 18.7 Å². The van der Waals surface area contributed by atoms with Gasteiger partial charge in [-0.25, -0.2) is 8.42 Å². The molecular formula is C8H19N3O3S. The van der Waals surface area contributed by atoms with Gasteiger partial charge in [0.05, 0.1) is 5.75 Å². The molecule has 0 aliphatic rings. The fourth-order valence-electron chi connectivity index (χ4n) is 0.981. The van der Waals surface area contributed by atoms with E-state index < -0.39 is 9.84 Å². The quantitative estimate of drug-likeness (QED) is 0.180. The Morgan fingerprint density at radius 1 is 1.60 bits per heavy atom. The number of rotatable bonds is 7. The standard InChI is InChI=1S/C8H19N3O3S/c1-7(8(9)11-12)6-10-4-3-5-15(2,13)14/h7,10,12H,3-6H2,1-2H3,(H2,9,11). The smallest absolute Gasteiger partial charge is 0.147 e. The van der Waals surface area contributed by atoms with Crippen molar-refractivity contribution in [3.63, 3.8) is 0 Å². The number of amidine groups is 1. The van der Waals surface area contributed by atoms with Crippen LogP contribution >= 0.6 is 0 Å². The Kier molecular flexibility index (Phi) is 6.26. The maximum atomic E-state index is 10.8. The predicted octanol–water partition coefficient (Wildman–Crippen LogP) is -0.607. The van der Waals surface area contributed by atoms with E-state index in [2.05, 4.69) is 10.5 Å². The number of nitrogens with two attached hydrogens (primary N) is 1. The second-order valence-electron chi connectivity index (χ2n) is 3.61. The molecule has 90 valence electrons. The molecule has 0 aromatic carbocycles. The number of hydrogen-bond acceptors (Lipinski definition) is 5. The Morgan fingerprint density at radius 2 is 2.20 bits per heavy atom. The summed E-state index contributed by atoms with van der Waals surface area (Å²) in [6.07, 6.45) is 1.79. The highest BCUT2D eigenvalue weighted by molar-refractivity contribution is 7.90. The van der Waals surface area contributed by atoms with Crippen molar-refractivity contribution in [3.05, 3.63) is 0 Å². The van der Waals surface area contributed by atoms with Gasteiger partial charge in [0.2, 0.25) is 0 Å². The minimum absolute atomic E-state index is 0.0618. The molecule has 4 N–H and O–H groups in total. The number of sulfone groups is 1. The lowest BCUT2D eigenvalue weighted by Gasteiger charge is -2.10. The summed E-state index contributed by atoms with van der Waals surface area (Å²) >= 11 is 0. The molecule has 6 nitrogen and oxygen atoms in total. The van der Waals surface area contributed by atoms with Gasteiger partial charge < -0.3 is 16.3 Å². The zero-order valence-electron chi connectivity index (χ0n) is 9.10. The Morgan fingerprint density at radius 3 is 2.67 bits per heavy atom. The van der Waals surface area contributed by atoms with Crippen molar-refractivity contribution in [1.29, 1.82) is 0 Å². The first kappa shape index (κ1) is 14.2. The van der Waals surface area contributed by atoms with Crippen molar-refractivity contribution in [2.24, 2.45) is 16.8 Å². The Balaban J connectivity index is 3.56. The summed E-state index contributed by atoms with van der Waals surface area (Å²) in [6.45, 7) is 2.99. The summed E-state index contributed by atoms with van der Waals surface area (Å²) in [4.78, 5) is 0. The molecule has 0 saturated carbocycles. The van der Waals surface area contributed by atoms with Crippen molar-refractivity contribution in [2.45, 2.75) is 13.3 Å². The minimum atomic E-state index is -2.87. The van der Waals surface area contributed by atoms with Gasteiger partial charge in [-0.1, -0.05) is 12.1 Å². The van der Waals surface area contributed by atoms with Crippen LogP contribution in [0.15, 0.2) is 5.16 Å². The summed E-state index contributed by atoms with van der Waals surface area (Å²) in [5, 5.41) is 14.3. The predicted molar refractivity (Wildman–Crippen MR) is 59.8 cm³/mol. The van der Waals surface area contributed by atoms with Gasteiger partial charge in [-0.05, 0) is 13.0 Å². The molecule has 7 heteroatoms. The van der Waals surface area contributed by atoms with Crippen molar-refractivity contribution in [3.8, 4) is 0 Å². The second kappa shape index (κ2) is 6.62. The number of nitrogens with zero attached hydrogens (tertiary/aromatic N) is 1. The molecule has 0 heterocycles. The van der Waals surface area contributed by atoms with Crippen molar-refractivity contribution in [2.75, 3.05) is 25.1 Å². The maximum absolute atomic E-state index is 10.8. The van der Waals surface area contributed by atoms with E-state index in [0.29, 0.717) is 19.5 Å². The van der Waals surface area contributed by atoms with Crippen LogP contribution in [0.25, 0.3) is 0 Å². The Labute approximate surface area is 90.5 Å². The van der Waals surface area contributed by atoms with Crippen molar-refractivity contribution < 1.29 is 13.6 Å². The van der Waals surface area contributed by atoms with Gasteiger partial charge in [0.15, 0.2) is 0 Å². The van der Waals surface area contributed by atoms with Crippen molar-refractivity contribution >= 4 is 15.7 Å². The van der Waals surface area contributed by atoms with E-state index in [1.807, 2.05) is 6.92 Å². The molecule has 0 saturated heterocycles. The summed E-state index contributed by atoms with van der Waals surface area (Å²) in [5.74, 6) is 0.289. The first-order valence-corrected chi connectivity index (χ1v) is 6.78. The molecule has 0 spiro atoms. The third-order valence-corrected chi connectivity index (χ3v) is 2.97. The zero-order chi connectivity index (χ0) is 11.9. The van der Waals surface area contributed by atoms with Crippen LogP contribution in [0.2, 0.25) is 0 Å². The molecular weight excluding hydrogens is 218 g/mol. The maximum Gasteiger partial charge on any atom is 0.147 e. The molecule has 1 atom stereocenters. The summed E-state index contributed by atoms with van der Waals surface area (Å²) in [5.41, 5.74) is 5.36. The lowest BCUT2D eigenvalue weighted by molar-refractivity contribution is 0.314. The number of nitrogens with one attached hydrogen (secondary N) is 1. The van der Waals surface area contributed by atoms with E-state index in [4.69, 9.17) is 10.9 Å². The second-order valence-corrected chi connectivity index (χ2v) is 5.87. The average Bonchev–Trinajstić information content (AvgIpc) is 2.14. The van der Waals surface area contributed by atoms with Crippen molar-refractivity contribution in [1.82, 2.24) is 5.32 Å². The molecule has 0 fully saturated rings. The summed E-state index contributed by atoms with van der Waals surface area (Å²) < 4.78 is 21.6. The van der Waals surface area contributed by atoms with Crippen LogP contribution < -0.4 is 11.1 Å². The van der Waals surface area contributed by atoms with Crippen LogP contribution in [-0.2, 0) is 9.84 Å². The molecule has 0 aromatic rings. The number of hydrogen-bond donors (Lipinski definition) is 3. The molecule has 15 heavy (non-hydrogen) atoms. The largest absolute Gasteiger partial charge is 0.409 e. The van der Waals surface area contributed by atoms with E-state index in [1.54, 1.807) is 0 Å². The lowest BCUT2D eigenvalue weighted by atomic mass is 10.1. The van der Waals surface area contributed by atoms with Crippen LogP contribution in [-0.4, -0.2) is 44.6 Å². The summed E-state index contributed by atoms with van der Waals surface area (Å²) in [7, 11) is -2.87. The third kappa shape index (κ3) is 8.19. The van der Waals surface area contributed by atoms with E-state index in [0.717, 1.165) is 0 Å². The van der Waals surface area contributed by atoms with Gasteiger partial charge in [0.1, 0.15) is 15.7 Å². The van der Waals surface area contributed by atoms with E-state index in [9.17, 15) is 8.42 Å². The van der Waals surface area contributed by atoms with Crippen LogP contribution in [0.5, 0.6) is 0 Å². The highest BCUT2D eigenvalue weighted by Crippen LogP contribution is 1.92. The first-order chi connectivity index (χ1) is 6.87. The molecule has 0 bridgehead atoms. The highest BCUT2D eigenvalue weighted by Gasteiger charge is 2.06. The third-order valence-electron chi connectivity index (χ3n) is 1.94. The minimum Gasteiger partial charge on any atom is -0.409 e. The average molecular weight is 237 g/mol. The molecule has 0 amide bonds. The molecule has 0 radical (unpaired) electrons. The molecule has 0 aromatic heterocycles. The fraction of sp³-hybridized carbons (Fsp3) is 0.875. The first-order valence-electron chi connectivity index (χ1n) is 4.72. The zero-order valence-corrected chi connectivity index (χ0v) is 9.92. The van der Waals surface area contributed by atoms with Crippen LogP contribution in [0.1, 0.15) is 13.3 Å². The van der Waals surface area contributed by atoms with Gasteiger partial charge in [0.25, 0.3) is 0 Å². The Bertz CT molecular complexity index is 300. The van der Waals surface area contributed by atoms with Crippen LogP contribution in [0, 0.1) is 5.92 Å². The topological polar surface area (TPSA) is 105 Å².